The Morgan fingerprint density at radius 3 is 1.71 bits per heavy atom. The molecular formula is C19H22ClN. The second-order valence-corrected chi connectivity index (χ2v) is 6.04. The molecule has 0 radical (unpaired) electrons. The average Bonchev–Trinajstić information content (AvgIpc) is 2.96. The third kappa shape index (κ3) is 2.61. The van der Waals surface area contributed by atoms with Crippen LogP contribution in [0.15, 0.2) is 48.5 Å². The molecule has 1 heterocycles. The lowest BCUT2D eigenvalue weighted by Gasteiger charge is -2.29. The van der Waals surface area contributed by atoms with Gasteiger partial charge < -0.3 is 0 Å². The van der Waals surface area contributed by atoms with Crippen LogP contribution >= 0.6 is 12.4 Å². The van der Waals surface area contributed by atoms with Crippen molar-refractivity contribution in [3.8, 4) is 0 Å². The molecule has 1 fully saturated rings. The van der Waals surface area contributed by atoms with Crippen molar-refractivity contribution >= 4 is 12.4 Å². The van der Waals surface area contributed by atoms with Gasteiger partial charge in [-0.25, -0.2) is 0 Å². The Hall–Kier alpha value is -1.31. The van der Waals surface area contributed by atoms with E-state index in [0.29, 0.717) is 6.04 Å². The zero-order chi connectivity index (χ0) is 13.4. The number of rotatable bonds is 1. The lowest BCUT2D eigenvalue weighted by molar-refractivity contribution is 0.280. The molecular weight excluding hydrogens is 278 g/mol. The fourth-order valence-electron chi connectivity index (χ4n) is 3.89. The Morgan fingerprint density at radius 2 is 1.19 bits per heavy atom. The number of aryl methyl sites for hydroxylation is 2. The lowest BCUT2D eigenvalue weighted by Crippen LogP contribution is -2.27. The standard InChI is InChI=1S/C19H21N.ClH/c1-3-9-17-15(7-1)11-12-16-8-2-4-10-18(16)19(17)20-13-5-6-14-20;/h1-4,7-10,19H,5-6,11-14H2;1H. The number of hydrogen-bond donors (Lipinski definition) is 0. The molecule has 0 spiro atoms. The van der Waals surface area contributed by atoms with Crippen molar-refractivity contribution < 1.29 is 0 Å². The summed E-state index contributed by atoms with van der Waals surface area (Å²) in [7, 11) is 0. The Kier molecular flexibility index (Phi) is 4.32. The molecule has 1 aliphatic heterocycles. The summed E-state index contributed by atoms with van der Waals surface area (Å²) < 4.78 is 0. The molecule has 2 aromatic rings. The SMILES string of the molecule is Cl.c1ccc2c(c1)CCc1ccccc1C2N1CCCC1. The first-order chi connectivity index (χ1) is 9.93. The molecule has 0 atom stereocenters. The van der Waals surface area contributed by atoms with Gasteiger partial charge in [-0.15, -0.1) is 12.4 Å². The van der Waals surface area contributed by atoms with Gasteiger partial charge in [0.1, 0.15) is 0 Å². The summed E-state index contributed by atoms with van der Waals surface area (Å²) in [5.41, 5.74) is 6.17. The zero-order valence-corrected chi connectivity index (χ0v) is 13.1. The first-order valence-electron chi connectivity index (χ1n) is 7.83. The van der Waals surface area contributed by atoms with Crippen LogP contribution in [-0.4, -0.2) is 18.0 Å². The predicted molar refractivity (Wildman–Crippen MR) is 90.2 cm³/mol. The monoisotopic (exact) mass is 299 g/mol. The van der Waals surface area contributed by atoms with Crippen LogP contribution in [0.5, 0.6) is 0 Å². The lowest BCUT2D eigenvalue weighted by atomic mass is 9.93. The van der Waals surface area contributed by atoms with Gasteiger partial charge in [0.05, 0.1) is 6.04 Å². The van der Waals surface area contributed by atoms with Gasteiger partial charge in [0.25, 0.3) is 0 Å². The fraction of sp³-hybridized carbons (Fsp3) is 0.368. The van der Waals surface area contributed by atoms with Gasteiger partial charge in [-0.1, -0.05) is 48.5 Å². The van der Waals surface area contributed by atoms with Crippen LogP contribution in [0.25, 0.3) is 0 Å². The highest BCUT2D eigenvalue weighted by atomic mass is 35.5. The summed E-state index contributed by atoms with van der Waals surface area (Å²) in [4.78, 5) is 2.68. The summed E-state index contributed by atoms with van der Waals surface area (Å²) >= 11 is 0. The minimum absolute atomic E-state index is 0. The normalized spacial score (nSPS) is 18.5. The number of halogens is 1. The number of fused-ring (bicyclic) bond motifs is 2. The Morgan fingerprint density at radius 1 is 0.714 bits per heavy atom. The Balaban J connectivity index is 0.00000132. The summed E-state index contributed by atoms with van der Waals surface area (Å²) in [6.07, 6.45) is 5.05. The Bertz CT molecular complexity index is 569. The molecule has 21 heavy (non-hydrogen) atoms. The molecule has 0 aromatic heterocycles. The van der Waals surface area contributed by atoms with Crippen molar-refractivity contribution in [2.45, 2.75) is 31.7 Å². The van der Waals surface area contributed by atoms with Gasteiger partial charge in [-0.05, 0) is 61.0 Å². The topological polar surface area (TPSA) is 3.24 Å². The molecule has 2 aromatic carbocycles. The highest BCUT2D eigenvalue weighted by Crippen LogP contribution is 2.38. The molecule has 0 amide bonds. The van der Waals surface area contributed by atoms with Crippen LogP contribution in [-0.2, 0) is 12.8 Å². The summed E-state index contributed by atoms with van der Waals surface area (Å²) in [6, 6.07) is 18.6. The number of hydrogen-bond acceptors (Lipinski definition) is 1. The van der Waals surface area contributed by atoms with Gasteiger partial charge >= 0.3 is 0 Å². The quantitative estimate of drug-likeness (QED) is 0.755. The van der Waals surface area contributed by atoms with Crippen LogP contribution in [0.1, 0.15) is 41.1 Å². The smallest absolute Gasteiger partial charge is 0.0607 e. The van der Waals surface area contributed by atoms with Gasteiger partial charge in [-0.2, -0.15) is 0 Å². The summed E-state index contributed by atoms with van der Waals surface area (Å²) in [6.45, 7) is 2.49. The van der Waals surface area contributed by atoms with Crippen LogP contribution < -0.4 is 0 Å². The predicted octanol–water partition coefficient (Wildman–Crippen LogP) is 4.39. The number of benzene rings is 2. The first kappa shape index (κ1) is 14.6. The number of likely N-dealkylation sites (tertiary alicyclic amines) is 1. The molecule has 0 saturated carbocycles. The summed E-state index contributed by atoms with van der Waals surface area (Å²) in [5, 5.41) is 0. The Labute approximate surface area is 133 Å². The van der Waals surface area contributed by atoms with Crippen LogP contribution in [0.4, 0.5) is 0 Å². The molecule has 2 aliphatic rings. The maximum absolute atomic E-state index is 2.68. The molecule has 1 aliphatic carbocycles. The van der Waals surface area contributed by atoms with E-state index in [0.717, 1.165) is 0 Å². The van der Waals surface area contributed by atoms with Gasteiger partial charge in [-0.3, -0.25) is 4.90 Å². The van der Waals surface area contributed by atoms with Crippen molar-refractivity contribution in [1.29, 1.82) is 0 Å². The van der Waals surface area contributed by atoms with E-state index in [1.54, 1.807) is 22.3 Å². The van der Waals surface area contributed by atoms with Crippen LogP contribution in [0.2, 0.25) is 0 Å². The second kappa shape index (κ2) is 6.21. The van der Waals surface area contributed by atoms with Gasteiger partial charge in [0.2, 0.25) is 0 Å². The minimum Gasteiger partial charge on any atom is -0.292 e. The zero-order valence-electron chi connectivity index (χ0n) is 12.3. The van der Waals surface area contributed by atoms with Crippen molar-refractivity contribution in [2.24, 2.45) is 0 Å². The average molecular weight is 300 g/mol. The molecule has 0 bridgehead atoms. The maximum atomic E-state index is 2.68. The number of nitrogens with zero attached hydrogens (tertiary/aromatic N) is 1. The molecule has 110 valence electrons. The van der Waals surface area contributed by atoms with Gasteiger partial charge in [0, 0.05) is 0 Å². The van der Waals surface area contributed by atoms with Crippen molar-refractivity contribution in [3.63, 3.8) is 0 Å². The second-order valence-electron chi connectivity index (χ2n) is 6.04. The highest BCUT2D eigenvalue weighted by Gasteiger charge is 2.29. The van der Waals surface area contributed by atoms with E-state index in [9.17, 15) is 0 Å². The molecule has 1 nitrogen and oxygen atoms in total. The van der Waals surface area contributed by atoms with E-state index >= 15 is 0 Å². The molecule has 1 saturated heterocycles. The van der Waals surface area contributed by atoms with E-state index in [4.69, 9.17) is 0 Å². The summed E-state index contributed by atoms with van der Waals surface area (Å²) in [5.74, 6) is 0. The third-order valence-electron chi connectivity index (χ3n) is 4.87. The maximum Gasteiger partial charge on any atom is 0.0607 e. The van der Waals surface area contributed by atoms with Crippen LogP contribution in [0, 0.1) is 0 Å². The van der Waals surface area contributed by atoms with E-state index in [2.05, 4.69) is 53.4 Å². The largest absolute Gasteiger partial charge is 0.292 e. The minimum atomic E-state index is 0. The third-order valence-corrected chi connectivity index (χ3v) is 4.87. The first-order valence-corrected chi connectivity index (χ1v) is 7.83. The van der Waals surface area contributed by atoms with E-state index in [1.165, 1.54) is 38.8 Å². The van der Waals surface area contributed by atoms with Gasteiger partial charge in [0.15, 0.2) is 0 Å². The molecule has 0 unspecified atom stereocenters. The van der Waals surface area contributed by atoms with Crippen molar-refractivity contribution in [2.75, 3.05) is 13.1 Å². The highest BCUT2D eigenvalue weighted by molar-refractivity contribution is 5.85. The van der Waals surface area contributed by atoms with Crippen LogP contribution in [0.3, 0.4) is 0 Å². The fourth-order valence-corrected chi connectivity index (χ4v) is 3.89. The van der Waals surface area contributed by atoms with E-state index < -0.39 is 0 Å². The van der Waals surface area contributed by atoms with E-state index in [1.807, 2.05) is 0 Å². The van der Waals surface area contributed by atoms with Crippen molar-refractivity contribution in [3.05, 3.63) is 70.8 Å². The van der Waals surface area contributed by atoms with E-state index in [-0.39, 0.29) is 12.4 Å². The molecule has 4 rings (SSSR count). The molecule has 2 heteroatoms. The molecule has 0 N–H and O–H groups in total. The van der Waals surface area contributed by atoms with Crippen molar-refractivity contribution in [1.82, 2.24) is 4.90 Å².